The predicted molar refractivity (Wildman–Crippen MR) is 72.7 cm³/mol. The Balaban J connectivity index is 2.03. The monoisotopic (exact) mass is 295 g/mol. The van der Waals surface area contributed by atoms with Crippen LogP contribution in [0.15, 0.2) is 36.4 Å². The van der Waals surface area contributed by atoms with E-state index in [9.17, 15) is 8.78 Å². The van der Waals surface area contributed by atoms with E-state index in [0.717, 1.165) is 5.56 Å². The highest BCUT2D eigenvalue weighted by Gasteiger charge is 2.30. The number of benzene rings is 2. The van der Waals surface area contributed by atoms with Gasteiger partial charge in [-0.2, -0.15) is 0 Å². The summed E-state index contributed by atoms with van der Waals surface area (Å²) >= 11 is 6.03. The molecule has 0 amide bonds. The van der Waals surface area contributed by atoms with Crippen molar-refractivity contribution in [2.75, 3.05) is 0 Å². The van der Waals surface area contributed by atoms with Crippen molar-refractivity contribution < 1.29 is 13.5 Å². The summed E-state index contributed by atoms with van der Waals surface area (Å²) in [5.41, 5.74) is 7.04. The molecule has 0 saturated carbocycles. The maximum Gasteiger partial charge on any atom is 0.131 e. The van der Waals surface area contributed by atoms with Crippen molar-refractivity contribution in [3.05, 3.63) is 64.2 Å². The maximum absolute atomic E-state index is 13.9. The number of ether oxygens (including phenoxy) is 1. The lowest BCUT2D eigenvalue weighted by atomic mass is 9.93. The molecule has 5 heteroatoms. The molecule has 0 spiro atoms. The van der Waals surface area contributed by atoms with Gasteiger partial charge in [0.2, 0.25) is 0 Å². The third-order valence-corrected chi connectivity index (χ3v) is 3.76. The first-order valence-electron chi connectivity index (χ1n) is 6.22. The van der Waals surface area contributed by atoms with E-state index in [1.807, 2.05) is 0 Å². The van der Waals surface area contributed by atoms with Gasteiger partial charge in [0.05, 0.1) is 5.02 Å². The Bertz CT molecular complexity index is 642. The second kappa shape index (κ2) is 5.04. The molecule has 2 nitrogen and oxygen atoms in total. The topological polar surface area (TPSA) is 35.2 Å². The number of halogens is 3. The molecule has 1 aliphatic heterocycles. The van der Waals surface area contributed by atoms with E-state index in [2.05, 4.69) is 0 Å². The summed E-state index contributed by atoms with van der Waals surface area (Å²) in [4.78, 5) is 0. The zero-order chi connectivity index (χ0) is 14.3. The summed E-state index contributed by atoms with van der Waals surface area (Å²) in [6.45, 7) is 0. The van der Waals surface area contributed by atoms with Crippen LogP contribution in [0.5, 0.6) is 5.75 Å². The highest BCUT2D eigenvalue weighted by atomic mass is 35.5. The molecule has 1 heterocycles. The highest BCUT2D eigenvalue weighted by molar-refractivity contribution is 6.31. The Kier molecular flexibility index (Phi) is 3.36. The fraction of sp³-hybridized carbons (Fsp3) is 0.200. The van der Waals surface area contributed by atoms with Crippen molar-refractivity contribution in [2.45, 2.75) is 18.6 Å². The van der Waals surface area contributed by atoms with E-state index < -0.39 is 17.7 Å². The second-order valence-electron chi connectivity index (χ2n) is 4.77. The molecule has 0 bridgehead atoms. The van der Waals surface area contributed by atoms with Crippen LogP contribution in [0.25, 0.3) is 0 Å². The average Bonchev–Trinajstić information content (AvgIpc) is 2.38. The first-order valence-corrected chi connectivity index (χ1v) is 6.59. The minimum absolute atomic E-state index is 0.263. The van der Waals surface area contributed by atoms with Crippen LogP contribution in [0.3, 0.4) is 0 Å². The third kappa shape index (κ3) is 2.25. The number of nitrogens with two attached hydrogens (primary N) is 1. The van der Waals surface area contributed by atoms with Crippen LogP contribution in [-0.4, -0.2) is 0 Å². The van der Waals surface area contributed by atoms with Crippen LogP contribution in [-0.2, 0) is 0 Å². The predicted octanol–water partition coefficient (Wildman–Crippen LogP) is 4.14. The van der Waals surface area contributed by atoms with Gasteiger partial charge >= 0.3 is 0 Å². The summed E-state index contributed by atoms with van der Waals surface area (Å²) in [5.74, 6) is -0.529. The molecule has 2 N–H and O–H groups in total. The standard InChI is InChI=1S/C15H12ClF2NO/c16-10-2-1-3-11(18)15(10)14-7-12(19)9-5-4-8(17)6-13(9)20-14/h1-6,12,14H,7,19H2/t12-,14?/m0/s1. The Morgan fingerprint density at radius 3 is 2.75 bits per heavy atom. The molecule has 2 aromatic carbocycles. The average molecular weight is 296 g/mol. The summed E-state index contributed by atoms with van der Waals surface area (Å²) in [6.07, 6.45) is -0.229. The molecule has 0 saturated heterocycles. The Labute approximate surface area is 120 Å². The van der Waals surface area contributed by atoms with Crippen molar-refractivity contribution in [2.24, 2.45) is 5.73 Å². The molecule has 0 aromatic heterocycles. The van der Waals surface area contributed by atoms with Gasteiger partial charge in [-0.25, -0.2) is 8.78 Å². The zero-order valence-electron chi connectivity index (χ0n) is 10.4. The summed E-state index contributed by atoms with van der Waals surface area (Å²) in [7, 11) is 0. The van der Waals surface area contributed by atoms with Gasteiger partial charge in [0.1, 0.15) is 23.5 Å². The third-order valence-electron chi connectivity index (χ3n) is 3.43. The minimum Gasteiger partial charge on any atom is -0.485 e. The summed E-state index contributed by atoms with van der Waals surface area (Å²) in [5, 5.41) is 0.280. The molecule has 0 aliphatic carbocycles. The van der Waals surface area contributed by atoms with Crippen molar-refractivity contribution >= 4 is 11.6 Å². The fourth-order valence-corrected chi connectivity index (χ4v) is 2.76. The molecule has 0 radical (unpaired) electrons. The van der Waals surface area contributed by atoms with E-state index in [4.69, 9.17) is 22.1 Å². The Morgan fingerprint density at radius 1 is 1.20 bits per heavy atom. The first-order chi connectivity index (χ1) is 9.56. The van der Waals surface area contributed by atoms with Crippen LogP contribution in [0.4, 0.5) is 8.78 Å². The number of hydrogen-bond donors (Lipinski definition) is 1. The van der Waals surface area contributed by atoms with Crippen molar-refractivity contribution in [3.8, 4) is 5.75 Å². The fourth-order valence-electron chi connectivity index (χ4n) is 2.47. The highest BCUT2D eigenvalue weighted by Crippen LogP contribution is 2.42. The molecule has 3 rings (SSSR count). The van der Waals surface area contributed by atoms with Gasteiger partial charge in [-0.15, -0.1) is 0 Å². The molecule has 104 valence electrons. The van der Waals surface area contributed by atoms with Crippen LogP contribution in [0, 0.1) is 11.6 Å². The van der Waals surface area contributed by atoms with E-state index in [0.29, 0.717) is 12.2 Å². The van der Waals surface area contributed by atoms with Crippen molar-refractivity contribution in [1.29, 1.82) is 0 Å². The summed E-state index contributed by atoms with van der Waals surface area (Å²) < 4.78 is 32.9. The van der Waals surface area contributed by atoms with Crippen molar-refractivity contribution in [3.63, 3.8) is 0 Å². The van der Waals surface area contributed by atoms with Gasteiger partial charge in [-0.05, 0) is 18.2 Å². The molecule has 2 aromatic rings. The first kappa shape index (κ1) is 13.3. The van der Waals surface area contributed by atoms with Gasteiger partial charge in [0, 0.05) is 29.7 Å². The Hall–Kier alpha value is -1.65. The van der Waals surface area contributed by atoms with Crippen LogP contribution in [0.2, 0.25) is 5.02 Å². The number of hydrogen-bond acceptors (Lipinski definition) is 2. The van der Waals surface area contributed by atoms with Crippen molar-refractivity contribution in [1.82, 2.24) is 0 Å². The minimum atomic E-state index is -0.618. The van der Waals surface area contributed by atoms with Gasteiger partial charge < -0.3 is 10.5 Å². The molecule has 2 atom stereocenters. The lowest BCUT2D eigenvalue weighted by Gasteiger charge is -2.31. The van der Waals surface area contributed by atoms with E-state index in [-0.39, 0.29) is 16.6 Å². The van der Waals surface area contributed by atoms with Gasteiger partial charge in [-0.1, -0.05) is 23.7 Å². The normalized spacial score (nSPS) is 21.2. The second-order valence-corrected chi connectivity index (χ2v) is 5.17. The lowest BCUT2D eigenvalue weighted by Crippen LogP contribution is -2.25. The number of rotatable bonds is 1. The van der Waals surface area contributed by atoms with Crippen LogP contribution in [0.1, 0.15) is 29.7 Å². The smallest absolute Gasteiger partial charge is 0.131 e. The molecule has 1 unspecified atom stereocenters. The quantitative estimate of drug-likeness (QED) is 0.858. The van der Waals surface area contributed by atoms with Gasteiger partial charge in [0.25, 0.3) is 0 Å². The Morgan fingerprint density at radius 2 is 2.00 bits per heavy atom. The molecular formula is C15H12ClF2NO. The SMILES string of the molecule is N[C@H]1CC(c2c(F)cccc2Cl)Oc2cc(F)ccc21. The molecular weight excluding hydrogens is 284 g/mol. The molecule has 20 heavy (non-hydrogen) atoms. The number of fused-ring (bicyclic) bond motifs is 1. The van der Waals surface area contributed by atoms with Gasteiger partial charge in [0.15, 0.2) is 0 Å². The zero-order valence-corrected chi connectivity index (χ0v) is 11.2. The lowest BCUT2D eigenvalue weighted by molar-refractivity contribution is 0.157. The van der Waals surface area contributed by atoms with Crippen LogP contribution < -0.4 is 10.5 Å². The van der Waals surface area contributed by atoms with E-state index >= 15 is 0 Å². The largest absolute Gasteiger partial charge is 0.485 e. The summed E-state index contributed by atoms with van der Waals surface area (Å²) in [6, 6.07) is 8.27. The van der Waals surface area contributed by atoms with E-state index in [1.54, 1.807) is 12.1 Å². The molecule has 1 aliphatic rings. The van der Waals surface area contributed by atoms with Crippen LogP contribution >= 0.6 is 11.6 Å². The van der Waals surface area contributed by atoms with Gasteiger partial charge in [-0.3, -0.25) is 0 Å². The van der Waals surface area contributed by atoms with E-state index in [1.165, 1.54) is 24.3 Å². The maximum atomic E-state index is 13.9. The molecule has 0 fully saturated rings.